The van der Waals surface area contributed by atoms with Crippen molar-refractivity contribution < 1.29 is 0 Å². The van der Waals surface area contributed by atoms with Crippen LogP contribution in [0.5, 0.6) is 0 Å². The van der Waals surface area contributed by atoms with Crippen LogP contribution in [0.25, 0.3) is 5.69 Å². The molecule has 0 aliphatic heterocycles. The number of nitrogen functional groups attached to an aromatic ring is 1. The molecule has 0 aliphatic rings. The Kier molecular flexibility index (Phi) is 1.98. The zero-order valence-corrected chi connectivity index (χ0v) is 7.29. The quantitative estimate of drug-likeness (QED) is 0.694. The third-order valence-electron chi connectivity index (χ3n) is 1.76. The second kappa shape index (κ2) is 3.29. The molecule has 0 fully saturated rings. The molecule has 2 N–H and O–H groups in total. The molecule has 5 nitrogen and oxygen atoms in total. The van der Waals surface area contributed by atoms with E-state index in [0.717, 1.165) is 0 Å². The van der Waals surface area contributed by atoms with Gasteiger partial charge < -0.3 is 5.73 Å². The highest BCUT2D eigenvalue weighted by atomic mass is 16.1. The van der Waals surface area contributed by atoms with Gasteiger partial charge in [0.15, 0.2) is 0 Å². The lowest BCUT2D eigenvalue weighted by molar-refractivity contribution is 0.961. The minimum absolute atomic E-state index is 0.124. The van der Waals surface area contributed by atoms with Crippen LogP contribution < -0.4 is 11.3 Å². The smallest absolute Gasteiger partial charge is 0.255 e. The van der Waals surface area contributed by atoms with Gasteiger partial charge in [-0.1, -0.05) is 6.07 Å². The standard InChI is InChI=1S/C9H8N4O/c10-9-11-5-7(6-12-9)13-4-2-1-3-8(13)14/h1-6H,(H2,10,11,12). The Labute approximate surface area is 79.9 Å². The maximum atomic E-state index is 11.4. The Bertz CT molecular complexity index is 489. The molecular formula is C9H8N4O. The molecule has 0 unspecified atom stereocenters. The van der Waals surface area contributed by atoms with Gasteiger partial charge in [-0.3, -0.25) is 9.36 Å². The molecule has 2 heterocycles. The molecule has 0 bridgehead atoms. The van der Waals surface area contributed by atoms with Gasteiger partial charge in [-0.2, -0.15) is 0 Å². The van der Waals surface area contributed by atoms with Crippen molar-refractivity contribution in [3.63, 3.8) is 0 Å². The molecule has 70 valence electrons. The van der Waals surface area contributed by atoms with Gasteiger partial charge in [-0.05, 0) is 6.07 Å². The van der Waals surface area contributed by atoms with Crippen LogP contribution in [0.1, 0.15) is 0 Å². The summed E-state index contributed by atoms with van der Waals surface area (Å²) in [6, 6.07) is 4.91. The first-order chi connectivity index (χ1) is 6.77. The highest BCUT2D eigenvalue weighted by Crippen LogP contribution is 2.00. The monoisotopic (exact) mass is 188 g/mol. The minimum Gasteiger partial charge on any atom is -0.368 e. The number of anilines is 1. The molecule has 0 radical (unpaired) electrons. The van der Waals surface area contributed by atoms with Crippen molar-refractivity contribution in [2.24, 2.45) is 0 Å². The average Bonchev–Trinajstić information content (AvgIpc) is 2.20. The van der Waals surface area contributed by atoms with E-state index in [1.54, 1.807) is 18.3 Å². The molecule has 0 atom stereocenters. The van der Waals surface area contributed by atoms with Crippen LogP contribution in [0.2, 0.25) is 0 Å². The van der Waals surface area contributed by atoms with Gasteiger partial charge in [0.2, 0.25) is 5.95 Å². The molecule has 2 aromatic heterocycles. The molecule has 5 heteroatoms. The molecule has 2 aromatic rings. The summed E-state index contributed by atoms with van der Waals surface area (Å²) in [5, 5.41) is 0. The number of nitrogens with two attached hydrogens (primary N) is 1. The number of pyridine rings is 1. The second-order valence-corrected chi connectivity index (χ2v) is 2.71. The molecule has 14 heavy (non-hydrogen) atoms. The lowest BCUT2D eigenvalue weighted by Gasteiger charge is -2.02. The summed E-state index contributed by atoms with van der Waals surface area (Å²) in [5.41, 5.74) is 5.81. The maximum Gasteiger partial charge on any atom is 0.255 e. The first kappa shape index (κ1) is 8.43. The van der Waals surface area contributed by atoms with Crippen LogP contribution in [0, 0.1) is 0 Å². The lowest BCUT2D eigenvalue weighted by atomic mass is 10.4. The van der Waals surface area contributed by atoms with E-state index in [1.165, 1.54) is 23.0 Å². The second-order valence-electron chi connectivity index (χ2n) is 2.71. The van der Waals surface area contributed by atoms with Crippen molar-refractivity contribution in [2.75, 3.05) is 5.73 Å². The van der Waals surface area contributed by atoms with Gasteiger partial charge in [-0.25, -0.2) is 9.97 Å². The zero-order valence-electron chi connectivity index (χ0n) is 7.29. The Morgan fingerprint density at radius 2 is 1.93 bits per heavy atom. The fraction of sp³-hybridized carbons (Fsp3) is 0. The number of hydrogen-bond acceptors (Lipinski definition) is 4. The molecule has 0 aliphatic carbocycles. The van der Waals surface area contributed by atoms with Crippen molar-refractivity contribution in [1.82, 2.24) is 14.5 Å². The van der Waals surface area contributed by atoms with E-state index in [1.807, 2.05) is 0 Å². The SMILES string of the molecule is Nc1ncc(-n2ccccc2=O)cn1. The van der Waals surface area contributed by atoms with Crippen molar-refractivity contribution in [3.05, 3.63) is 47.1 Å². The highest BCUT2D eigenvalue weighted by molar-refractivity contribution is 5.29. The van der Waals surface area contributed by atoms with E-state index >= 15 is 0 Å². The predicted molar refractivity (Wildman–Crippen MR) is 52.0 cm³/mol. The number of aromatic nitrogens is 3. The topological polar surface area (TPSA) is 73.8 Å². The van der Waals surface area contributed by atoms with Crippen molar-refractivity contribution in [3.8, 4) is 5.69 Å². The predicted octanol–water partition coefficient (Wildman–Crippen LogP) is 0.210. The molecule has 0 saturated carbocycles. The highest BCUT2D eigenvalue weighted by Gasteiger charge is 1.98. The number of nitrogens with zero attached hydrogens (tertiary/aromatic N) is 3. The lowest BCUT2D eigenvalue weighted by Crippen LogP contribution is -2.16. The fourth-order valence-corrected chi connectivity index (χ4v) is 1.10. The average molecular weight is 188 g/mol. The van der Waals surface area contributed by atoms with Crippen molar-refractivity contribution in [2.45, 2.75) is 0 Å². The summed E-state index contributed by atoms with van der Waals surface area (Å²) in [6.45, 7) is 0. The minimum atomic E-state index is -0.124. The Morgan fingerprint density at radius 1 is 1.21 bits per heavy atom. The molecule has 0 spiro atoms. The van der Waals surface area contributed by atoms with Gasteiger partial charge in [-0.15, -0.1) is 0 Å². The van der Waals surface area contributed by atoms with Crippen LogP contribution in [0.3, 0.4) is 0 Å². The van der Waals surface area contributed by atoms with Crippen LogP contribution in [0.4, 0.5) is 5.95 Å². The van der Waals surface area contributed by atoms with E-state index in [-0.39, 0.29) is 11.5 Å². The molecule has 2 rings (SSSR count). The number of hydrogen-bond donors (Lipinski definition) is 1. The molecule has 0 saturated heterocycles. The van der Waals surface area contributed by atoms with Crippen LogP contribution in [-0.4, -0.2) is 14.5 Å². The van der Waals surface area contributed by atoms with Crippen LogP contribution in [0.15, 0.2) is 41.6 Å². The summed E-state index contributed by atoms with van der Waals surface area (Å²) in [4.78, 5) is 19.0. The van der Waals surface area contributed by atoms with E-state index in [9.17, 15) is 4.79 Å². The first-order valence-electron chi connectivity index (χ1n) is 4.03. The molecule has 0 amide bonds. The van der Waals surface area contributed by atoms with E-state index < -0.39 is 0 Å². The van der Waals surface area contributed by atoms with Gasteiger partial charge in [0.1, 0.15) is 0 Å². The van der Waals surface area contributed by atoms with E-state index in [0.29, 0.717) is 5.69 Å². The Morgan fingerprint density at radius 3 is 2.57 bits per heavy atom. The van der Waals surface area contributed by atoms with Crippen molar-refractivity contribution in [1.29, 1.82) is 0 Å². The molecular weight excluding hydrogens is 180 g/mol. The summed E-state index contributed by atoms with van der Waals surface area (Å²) >= 11 is 0. The van der Waals surface area contributed by atoms with Gasteiger partial charge in [0.25, 0.3) is 5.56 Å². The van der Waals surface area contributed by atoms with Crippen LogP contribution >= 0.6 is 0 Å². The Balaban J connectivity index is 2.56. The van der Waals surface area contributed by atoms with E-state index in [2.05, 4.69) is 9.97 Å². The Hall–Kier alpha value is -2.17. The third-order valence-corrected chi connectivity index (χ3v) is 1.76. The van der Waals surface area contributed by atoms with Gasteiger partial charge in [0, 0.05) is 12.3 Å². The van der Waals surface area contributed by atoms with Gasteiger partial charge in [0.05, 0.1) is 18.1 Å². The summed E-state index contributed by atoms with van der Waals surface area (Å²) in [5.74, 6) is 0.192. The van der Waals surface area contributed by atoms with Crippen molar-refractivity contribution >= 4 is 5.95 Å². The zero-order chi connectivity index (χ0) is 9.97. The van der Waals surface area contributed by atoms with Crippen LogP contribution in [-0.2, 0) is 0 Å². The largest absolute Gasteiger partial charge is 0.368 e. The molecule has 0 aromatic carbocycles. The number of rotatable bonds is 1. The summed E-state index contributed by atoms with van der Waals surface area (Å²) in [6.07, 6.45) is 4.66. The third kappa shape index (κ3) is 1.47. The first-order valence-corrected chi connectivity index (χ1v) is 4.03. The maximum absolute atomic E-state index is 11.4. The summed E-state index contributed by atoms with van der Waals surface area (Å²) < 4.78 is 1.44. The summed E-state index contributed by atoms with van der Waals surface area (Å²) in [7, 11) is 0. The van der Waals surface area contributed by atoms with Gasteiger partial charge >= 0.3 is 0 Å². The van der Waals surface area contributed by atoms with E-state index in [4.69, 9.17) is 5.73 Å². The normalized spacial score (nSPS) is 10.0. The fourth-order valence-electron chi connectivity index (χ4n) is 1.10.